The van der Waals surface area contributed by atoms with Gasteiger partial charge in [0.25, 0.3) is 0 Å². The van der Waals surface area contributed by atoms with Crippen LogP contribution in [0, 0.1) is 31.3 Å². The molecule has 6 heteroatoms. The summed E-state index contributed by atoms with van der Waals surface area (Å²) in [7, 11) is 0. The lowest BCUT2D eigenvalue weighted by Crippen LogP contribution is -2.25. The number of hydrogen-bond donors (Lipinski definition) is 1. The summed E-state index contributed by atoms with van der Waals surface area (Å²) in [4.78, 5) is 12.4. The van der Waals surface area contributed by atoms with Crippen molar-refractivity contribution in [3.8, 4) is 0 Å². The number of benzene rings is 1. The predicted octanol–water partition coefficient (Wildman–Crippen LogP) is 4.57. The number of nitrogens with zero attached hydrogens (tertiary/aromatic N) is 1. The van der Waals surface area contributed by atoms with E-state index in [9.17, 15) is 18.0 Å². The van der Waals surface area contributed by atoms with E-state index in [4.69, 9.17) is 0 Å². The maximum atomic E-state index is 13.6. The minimum absolute atomic E-state index is 0.174. The first kappa shape index (κ1) is 18.1. The van der Waals surface area contributed by atoms with E-state index in [0.29, 0.717) is 5.56 Å². The molecule has 1 heterocycles. The summed E-state index contributed by atoms with van der Waals surface area (Å²) >= 11 is 0. The number of nitrogens with one attached hydrogen (secondary N) is 1. The van der Waals surface area contributed by atoms with E-state index < -0.39 is 17.5 Å². The molecule has 0 aliphatic carbocycles. The summed E-state index contributed by atoms with van der Waals surface area (Å²) in [6.45, 7) is 9.67. The fourth-order valence-electron chi connectivity index (χ4n) is 3.01. The summed E-state index contributed by atoms with van der Waals surface area (Å²) < 4.78 is 41.8. The van der Waals surface area contributed by atoms with E-state index in [1.165, 1.54) is 0 Å². The Morgan fingerprint density at radius 2 is 1.75 bits per heavy atom. The lowest BCUT2D eigenvalue weighted by molar-refractivity contribution is 0.100. The number of ketones is 1. The zero-order chi connectivity index (χ0) is 18.2. The van der Waals surface area contributed by atoms with Crippen LogP contribution in [0.1, 0.15) is 42.5 Å². The zero-order valence-corrected chi connectivity index (χ0v) is 14.4. The first-order valence-corrected chi connectivity index (χ1v) is 7.64. The molecule has 1 aromatic heterocycles. The third-order valence-electron chi connectivity index (χ3n) is 3.88. The number of hydrogen-bond acceptors (Lipinski definition) is 2. The highest BCUT2D eigenvalue weighted by Gasteiger charge is 2.23. The molecule has 0 unspecified atom stereocenters. The van der Waals surface area contributed by atoms with Crippen molar-refractivity contribution in [2.45, 2.75) is 40.2 Å². The van der Waals surface area contributed by atoms with Crippen LogP contribution in [0.2, 0.25) is 0 Å². The third-order valence-corrected chi connectivity index (χ3v) is 3.88. The van der Waals surface area contributed by atoms with Crippen molar-refractivity contribution in [1.29, 1.82) is 0 Å². The quantitative estimate of drug-likeness (QED) is 0.654. The number of rotatable bonds is 4. The molecule has 0 bridgehead atoms. The molecule has 0 atom stereocenters. The Labute approximate surface area is 139 Å². The van der Waals surface area contributed by atoms with Crippen molar-refractivity contribution in [2.75, 3.05) is 11.9 Å². The van der Waals surface area contributed by atoms with Crippen molar-refractivity contribution in [3.63, 3.8) is 0 Å². The van der Waals surface area contributed by atoms with Crippen LogP contribution in [0.4, 0.5) is 18.9 Å². The zero-order valence-electron chi connectivity index (χ0n) is 14.4. The van der Waals surface area contributed by atoms with E-state index in [2.05, 4.69) is 9.88 Å². The van der Waals surface area contributed by atoms with E-state index in [1.807, 2.05) is 34.6 Å². The number of carbonyl (C=O) groups excluding carboxylic acids is 1. The Morgan fingerprint density at radius 3 is 2.29 bits per heavy atom. The summed E-state index contributed by atoms with van der Waals surface area (Å²) in [6, 6.07) is 3.67. The molecule has 0 aliphatic rings. The van der Waals surface area contributed by atoms with Crippen molar-refractivity contribution in [2.24, 2.45) is 0 Å². The van der Waals surface area contributed by atoms with Gasteiger partial charge in [0.2, 0.25) is 0 Å². The van der Waals surface area contributed by atoms with Crippen LogP contribution in [0.5, 0.6) is 0 Å². The number of aryl methyl sites for hydroxylation is 1. The molecular formula is C18H21F3N2O. The summed E-state index contributed by atoms with van der Waals surface area (Å²) in [5.41, 5.74) is 1.87. The van der Waals surface area contributed by atoms with Gasteiger partial charge in [0.15, 0.2) is 23.2 Å². The van der Waals surface area contributed by atoms with Crippen LogP contribution in [0.3, 0.4) is 0 Å². The molecule has 0 spiro atoms. The second-order valence-electron chi connectivity index (χ2n) is 6.79. The standard InChI is InChI=1S/C18H21F3N2O/c1-10-8-12(11(2)23(10)18(3,4)5)15(24)9-22-14-7-6-13(19)16(20)17(14)21/h6-8,22H,9H2,1-5H3. The van der Waals surface area contributed by atoms with E-state index in [-0.39, 0.29) is 23.6 Å². The lowest BCUT2D eigenvalue weighted by atomic mass is 10.1. The smallest absolute Gasteiger partial charge is 0.196 e. The van der Waals surface area contributed by atoms with Crippen LogP contribution < -0.4 is 5.32 Å². The van der Waals surface area contributed by atoms with Crippen molar-refractivity contribution in [1.82, 2.24) is 4.57 Å². The Morgan fingerprint density at radius 1 is 1.12 bits per heavy atom. The molecule has 3 nitrogen and oxygen atoms in total. The molecule has 2 aromatic rings. The van der Waals surface area contributed by atoms with Gasteiger partial charge in [-0.1, -0.05) is 0 Å². The second-order valence-corrected chi connectivity index (χ2v) is 6.79. The first-order chi connectivity index (χ1) is 11.0. The van der Waals surface area contributed by atoms with Gasteiger partial charge in [-0.15, -0.1) is 0 Å². The SMILES string of the molecule is Cc1cc(C(=O)CNc2ccc(F)c(F)c2F)c(C)n1C(C)(C)C. The van der Waals surface area contributed by atoms with Gasteiger partial charge in [-0.3, -0.25) is 4.79 Å². The topological polar surface area (TPSA) is 34.0 Å². The van der Waals surface area contributed by atoms with E-state index >= 15 is 0 Å². The van der Waals surface area contributed by atoms with Gasteiger partial charge in [0.05, 0.1) is 12.2 Å². The Balaban J connectivity index is 2.22. The predicted molar refractivity (Wildman–Crippen MR) is 88.0 cm³/mol. The molecular weight excluding hydrogens is 317 g/mol. The summed E-state index contributed by atoms with van der Waals surface area (Å²) in [5.74, 6) is -4.40. The maximum Gasteiger partial charge on any atom is 0.196 e. The van der Waals surface area contributed by atoms with Crippen molar-refractivity contribution in [3.05, 3.63) is 52.6 Å². The highest BCUT2D eigenvalue weighted by molar-refractivity contribution is 6.00. The molecule has 0 saturated heterocycles. The highest BCUT2D eigenvalue weighted by Crippen LogP contribution is 2.25. The first-order valence-electron chi connectivity index (χ1n) is 7.64. The molecule has 0 radical (unpaired) electrons. The third kappa shape index (κ3) is 3.32. The fraction of sp³-hybridized carbons (Fsp3) is 0.389. The van der Waals surface area contributed by atoms with Gasteiger partial charge in [-0.2, -0.15) is 0 Å². The molecule has 24 heavy (non-hydrogen) atoms. The average Bonchev–Trinajstić information content (AvgIpc) is 2.78. The molecule has 0 aliphatic heterocycles. The van der Waals surface area contributed by atoms with Gasteiger partial charge in [-0.25, -0.2) is 13.2 Å². The van der Waals surface area contributed by atoms with Gasteiger partial charge in [-0.05, 0) is 52.8 Å². The average molecular weight is 338 g/mol. The molecule has 130 valence electrons. The van der Waals surface area contributed by atoms with Crippen LogP contribution in [-0.2, 0) is 5.54 Å². The Kier molecular flexibility index (Phi) is 4.78. The van der Waals surface area contributed by atoms with Crippen LogP contribution in [-0.4, -0.2) is 16.9 Å². The molecule has 0 amide bonds. The normalized spacial score (nSPS) is 11.7. The number of carbonyl (C=O) groups is 1. The van der Waals surface area contributed by atoms with Crippen LogP contribution in [0.25, 0.3) is 0 Å². The minimum atomic E-state index is -1.56. The van der Waals surface area contributed by atoms with Crippen LogP contribution in [0.15, 0.2) is 18.2 Å². The minimum Gasteiger partial charge on any atom is -0.375 e. The molecule has 0 fully saturated rings. The monoisotopic (exact) mass is 338 g/mol. The highest BCUT2D eigenvalue weighted by atomic mass is 19.2. The van der Waals surface area contributed by atoms with Crippen molar-refractivity contribution < 1.29 is 18.0 Å². The summed E-state index contributed by atoms with van der Waals surface area (Å²) in [5, 5.41) is 2.53. The number of anilines is 1. The molecule has 1 aromatic carbocycles. The summed E-state index contributed by atoms with van der Waals surface area (Å²) in [6.07, 6.45) is 0. The number of halogens is 3. The fourth-order valence-corrected chi connectivity index (χ4v) is 3.01. The second kappa shape index (κ2) is 6.34. The van der Waals surface area contributed by atoms with Gasteiger partial charge >= 0.3 is 0 Å². The Hall–Kier alpha value is -2.24. The molecule has 2 rings (SSSR count). The van der Waals surface area contributed by atoms with Gasteiger partial charge in [0, 0.05) is 22.5 Å². The maximum absolute atomic E-state index is 13.6. The Bertz CT molecular complexity index is 789. The van der Waals surface area contributed by atoms with Gasteiger partial charge in [0.1, 0.15) is 0 Å². The van der Waals surface area contributed by atoms with Crippen LogP contribution >= 0.6 is 0 Å². The number of aromatic nitrogens is 1. The molecule has 0 saturated carbocycles. The number of Topliss-reactive ketones (excluding diaryl/α,β-unsaturated/α-hetero) is 1. The van der Waals surface area contributed by atoms with Gasteiger partial charge < -0.3 is 9.88 Å². The van der Waals surface area contributed by atoms with E-state index in [1.54, 1.807) is 6.07 Å². The van der Waals surface area contributed by atoms with E-state index in [0.717, 1.165) is 23.5 Å². The van der Waals surface area contributed by atoms with Crippen molar-refractivity contribution >= 4 is 11.5 Å². The molecule has 1 N–H and O–H groups in total. The largest absolute Gasteiger partial charge is 0.375 e. The lowest BCUT2D eigenvalue weighted by Gasteiger charge is -2.25.